The SMILES string of the molecule is CCC(=O)N1CCC(C(Nc2ccc(Cl)c(Cl)c2)C(C(=O)c2ccccc2)c2ccccc2)CC1. The fourth-order valence-electron chi connectivity index (χ4n) is 4.95. The molecule has 0 bridgehead atoms. The summed E-state index contributed by atoms with van der Waals surface area (Å²) in [6.07, 6.45) is 2.14. The van der Waals surface area contributed by atoms with Crippen molar-refractivity contribution in [3.63, 3.8) is 0 Å². The molecule has 1 saturated heterocycles. The van der Waals surface area contributed by atoms with Gasteiger partial charge in [0.1, 0.15) is 0 Å². The van der Waals surface area contributed by atoms with E-state index in [4.69, 9.17) is 23.2 Å². The molecular weight excluding hydrogens is 479 g/mol. The molecule has 1 N–H and O–H groups in total. The Bertz CT molecular complexity index is 1150. The van der Waals surface area contributed by atoms with Crippen LogP contribution >= 0.6 is 23.2 Å². The first-order valence-corrected chi connectivity index (χ1v) is 12.9. The highest BCUT2D eigenvalue weighted by molar-refractivity contribution is 6.42. The minimum absolute atomic E-state index is 0.0708. The lowest BCUT2D eigenvalue weighted by molar-refractivity contribution is -0.132. The third-order valence-electron chi connectivity index (χ3n) is 6.81. The summed E-state index contributed by atoms with van der Waals surface area (Å²) < 4.78 is 0. The average Bonchev–Trinajstić information content (AvgIpc) is 2.91. The number of piperidine rings is 1. The highest BCUT2D eigenvalue weighted by Gasteiger charge is 2.38. The van der Waals surface area contributed by atoms with Crippen molar-refractivity contribution in [3.8, 4) is 0 Å². The van der Waals surface area contributed by atoms with Crippen molar-refractivity contribution in [1.82, 2.24) is 4.90 Å². The molecule has 0 saturated carbocycles. The van der Waals surface area contributed by atoms with Gasteiger partial charge in [-0.15, -0.1) is 0 Å². The Morgan fingerprint density at radius 3 is 2.14 bits per heavy atom. The van der Waals surface area contributed by atoms with Gasteiger partial charge >= 0.3 is 0 Å². The number of Topliss-reactive ketones (excluding diaryl/α,β-unsaturated/α-hetero) is 1. The van der Waals surface area contributed by atoms with Gasteiger partial charge in [-0.25, -0.2) is 0 Å². The van der Waals surface area contributed by atoms with Crippen LogP contribution in [0.3, 0.4) is 0 Å². The molecule has 35 heavy (non-hydrogen) atoms. The fourth-order valence-corrected chi connectivity index (χ4v) is 5.25. The van der Waals surface area contributed by atoms with Gasteiger partial charge in [0.05, 0.1) is 16.0 Å². The quantitative estimate of drug-likeness (QED) is 0.330. The summed E-state index contributed by atoms with van der Waals surface area (Å²) in [4.78, 5) is 28.2. The first-order valence-electron chi connectivity index (χ1n) is 12.1. The van der Waals surface area contributed by atoms with Gasteiger partial charge in [0.15, 0.2) is 5.78 Å². The van der Waals surface area contributed by atoms with Crippen LogP contribution in [0.5, 0.6) is 0 Å². The second kappa shape index (κ2) is 11.7. The lowest BCUT2D eigenvalue weighted by Gasteiger charge is -2.40. The number of hydrogen-bond acceptors (Lipinski definition) is 3. The van der Waals surface area contributed by atoms with E-state index in [1.165, 1.54) is 0 Å². The van der Waals surface area contributed by atoms with E-state index in [1.807, 2.05) is 84.6 Å². The molecule has 0 radical (unpaired) electrons. The summed E-state index contributed by atoms with van der Waals surface area (Å²) in [6.45, 7) is 3.28. The Hall–Kier alpha value is -2.82. The minimum atomic E-state index is -0.411. The number of nitrogens with zero attached hydrogens (tertiary/aromatic N) is 1. The molecule has 2 atom stereocenters. The molecule has 6 heteroatoms. The highest BCUT2D eigenvalue weighted by Crippen LogP contribution is 2.36. The van der Waals surface area contributed by atoms with Gasteiger partial charge in [0, 0.05) is 36.8 Å². The summed E-state index contributed by atoms with van der Waals surface area (Å²) in [5.41, 5.74) is 2.46. The largest absolute Gasteiger partial charge is 0.381 e. The van der Waals surface area contributed by atoms with Crippen LogP contribution in [0.1, 0.15) is 48.0 Å². The van der Waals surface area contributed by atoms with E-state index < -0.39 is 5.92 Å². The molecule has 4 rings (SSSR count). The molecule has 1 aliphatic rings. The van der Waals surface area contributed by atoms with Crippen LogP contribution in [-0.2, 0) is 4.79 Å². The van der Waals surface area contributed by atoms with Gasteiger partial charge < -0.3 is 10.2 Å². The smallest absolute Gasteiger partial charge is 0.222 e. The van der Waals surface area contributed by atoms with Gasteiger partial charge in [-0.2, -0.15) is 0 Å². The maximum Gasteiger partial charge on any atom is 0.222 e. The van der Waals surface area contributed by atoms with Gasteiger partial charge in [-0.05, 0) is 42.5 Å². The van der Waals surface area contributed by atoms with Crippen LogP contribution in [0.15, 0.2) is 78.9 Å². The van der Waals surface area contributed by atoms with Gasteiger partial charge in [-0.1, -0.05) is 90.8 Å². The topological polar surface area (TPSA) is 49.4 Å². The molecule has 182 valence electrons. The Labute approximate surface area is 217 Å². The lowest BCUT2D eigenvalue weighted by atomic mass is 9.75. The minimum Gasteiger partial charge on any atom is -0.381 e. The summed E-state index contributed by atoms with van der Waals surface area (Å²) in [5.74, 6) is 0.0218. The maximum absolute atomic E-state index is 14.0. The predicted octanol–water partition coefficient (Wildman–Crippen LogP) is 7.09. The van der Waals surface area contributed by atoms with E-state index >= 15 is 0 Å². The molecule has 1 heterocycles. The molecule has 0 aliphatic carbocycles. The number of carbonyl (C=O) groups is 2. The van der Waals surface area contributed by atoms with Crippen molar-refractivity contribution in [2.24, 2.45) is 5.92 Å². The number of halogens is 2. The average molecular weight is 509 g/mol. The monoisotopic (exact) mass is 508 g/mol. The number of hydrogen-bond donors (Lipinski definition) is 1. The second-order valence-electron chi connectivity index (χ2n) is 8.99. The fraction of sp³-hybridized carbons (Fsp3) is 0.310. The normalized spacial score (nSPS) is 15.9. The first-order chi connectivity index (χ1) is 17.0. The van der Waals surface area contributed by atoms with Crippen LogP contribution in [0.4, 0.5) is 5.69 Å². The summed E-state index contributed by atoms with van der Waals surface area (Å²) >= 11 is 12.5. The first kappa shape index (κ1) is 25.3. The van der Waals surface area contributed by atoms with Crippen molar-refractivity contribution in [2.45, 2.75) is 38.1 Å². The van der Waals surface area contributed by atoms with Crippen molar-refractivity contribution in [2.75, 3.05) is 18.4 Å². The number of rotatable bonds is 8. The zero-order valence-corrected chi connectivity index (χ0v) is 21.3. The molecule has 4 nitrogen and oxygen atoms in total. The number of amides is 1. The molecule has 3 aromatic rings. The number of likely N-dealkylation sites (tertiary alicyclic amines) is 1. The summed E-state index contributed by atoms with van der Waals surface area (Å²) in [7, 11) is 0. The third-order valence-corrected chi connectivity index (χ3v) is 7.55. The molecule has 3 aromatic carbocycles. The van der Waals surface area contributed by atoms with Gasteiger partial charge in [-0.3, -0.25) is 9.59 Å². The van der Waals surface area contributed by atoms with E-state index in [0.29, 0.717) is 35.1 Å². The molecule has 1 aliphatic heterocycles. The van der Waals surface area contributed by atoms with E-state index in [9.17, 15) is 9.59 Å². The molecule has 2 unspecified atom stereocenters. The van der Waals surface area contributed by atoms with Crippen LogP contribution in [0.25, 0.3) is 0 Å². The van der Waals surface area contributed by atoms with Crippen LogP contribution in [-0.4, -0.2) is 35.7 Å². The standard InChI is InChI=1S/C29H30Cl2N2O2/c1-2-26(34)33-17-15-21(16-18-33)28(32-23-13-14-24(30)25(31)19-23)27(20-9-5-3-6-10-20)29(35)22-11-7-4-8-12-22/h3-14,19,21,27-28,32H,2,15-18H2,1H3. The Morgan fingerprint density at radius 2 is 1.54 bits per heavy atom. The maximum atomic E-state index is 14.0. The van der Waals surface area contributed by atoms with Crippen molar-refractivity contribution in [3.05, 3.63) is 100 Å². The van der Waals surface area contributed by atoms with Gasteiger partial charge in [0.25, 0.3) is 0 Å². The Kier molecular flexibility index (Phi) is 8.48. The zero-order valence-electron chi connectivity index (χ0n) is 19.8. The second-order valence-corrected chi connectivity index (χ2v) is 9.80. The van der Waals surface area contributed by atoms with E-state index in [0.717, 1.165) is 24.1 Å². The van der Waals surface area contributed by atoms with E-state index in [-0.39, 0.29) is 23.7 Å². The van der Waals surface area contributed by atoms with Crippen LogP contribution < -0.4 is 5.32 Å². The number of anilines is 1. The molecule has 1 fully saturated rings. The van der Waals surface area contributed by atoms with Crippen molar-refractivity contribution < 1.29 is 9.59 Å². The molecule has 0 aromatic heterocycles. The van der Waals surface area contributed by atoms with Crippen molar-refractivity contribution >= 4 is 40.6 Å². The van der Waals surface area contributed by atoms with E-state index in [2.05, 4.69) is 5.32 Å². The lowest BCUT2D eigenvalue weighted by Crippen LogP contribution is -2.46. The number of nitrogens with one attached hydrogen (secondary N) is 1. The van der Waals surface area contributed by atoms with Crippen LogP contribution in [0, 0.1) is 5.92 Å². The van der Waals surface area contributed by atoms with Gasteiger partial charge in [0.2, 0.25) is 5.91 Å². The summed E-state index contributed by atoms with van der Waals surface area (Å²) in [5, 5.41) is 4.61. The zero-order chi connectivity index (χ0) is 24.8. The number of benzene rings is 3. The molecule has 1 amide bonds. The molecular formula is C29H30Cl2N2O2. The Morgan fingerprint density at radius 1 is 0.914 bits per heavy atom. The Balaban J connectivity index is 1.73. The number of ketones is 1. The third kappa shape index (κ3) is 6.06. The van der Waals surface area contributed by atoms with Crippen molar-refractivity contribution in [1.29, 1.82) is 0 Å². The molecule has 0 spiro atoms. The predicted molar refractivity (Wildman–Crippen MR) is 143 cm³/mol. The van der Waals surface area contributed by atoms with Crippen LogP contribution in [0.2, 0.25) is 10.0 Å². The summed E-state index contributed by atoms with van der Waals surface area (Å²) in [6, 6.07) is 24.7. The van der Waals surface area contributed by atoms with E-state index in [1.54, 1.807) is 6.07 Å². The highest BCUT2D eigenvalue weighted by atomic mass is 35.5. The number of carbonyl (C=O) groups excluding carboxylic acids is 2.